The van der Waals surface area contributed by atoms with Gasteiger partial charge < -0.3 is 15.4 Å². The van der Waals surface area contributed by atoms with Gasteiger partial charge in [-0.15, -0.1) is 18.3 Å². The molecule has 1 fully saturated rings. The van der Waals surface area contributed by atoms with Gasteiger partial charge in [-0.1, -0.05) is 53.7 Å². The van der Waals surface area contributed by atoms with Gasteiger partial charge in [0.05, 0.1) is 28.2 Å². The summed E-state index contributed by atoms with van der Waals surface area (Å²) in [7, 11) is 0. The van der Waals surface area contributed by atoms with Crippen molar-refractivity contribution in [1.82, 2.24) is 0 Å². The number of amidine groups is 2. The summed E-state index contributed by atoms with van der Waals surface area (Å²) in [5, 5.41) is 8.58. The zero-order valence-electron chi connectivity index (χ0n) is 22.3. The normalized spacial score (nSPS) is 17.8. The molecule has 0 saturated carbocycles. The van der Waals surface area contributed by atoms with Crippen LogP contribution in [0, 0.1) is 0 Å². The molecule has 1 atom stereocenters. The van der Waals surface area contributed by atoms with Crippen molar-refractivity contribution in [2.45, 2.75) is 31.9 Å². The van der Waals surface area contributed by atoms with Crippen LogP contribution in [0.25, 0.3) is 0 Å². The van der Waals surface area contributed by atoms with E-state index in [0.29, 0.717) is 34.2 Å². The van der Waals surface area contributed by atoms with Gasteiger partial charge in [0.25, 0.3) is 0 Å². The highest BCUT2D eigenvalue weighted by atomic mass is 35.5. The van der Waals surface area contributed by atoms with Crippen molar-refractivity contribution in [3.05, 3.63) is 88.4 Å². The Labute approximate surface area is 251 Å². The van der Waals surface area contributed by atoms with E-state index in [1.165, 1.54) is 47.1 Å². The number of hydrogen-bond acceptors (Lipinski definition) is 5. The molecular formula is C28H23ClF6N6OS. The van der Waals surface area contributed by atoms with Crippen molar-refractivity contribution in [2.24, 2.45) is 25.9 Å². The number of rotatable bonds is 7. The smallest absolute Gasteiger partial charge is 0.406 e. The van der Waals surface area contributed by atoms with Gasteiger partial charge in [0.15, 0.2) is 5.17 Å². The van der Waals surface area contributed by atoms with Crippen molar-refractivity contribution in [3.8, 4) is 5.75 Å². The molecular weight excluding hydrogens is 618 g/mol. The lowest BCUT2D eigenvalue weighted by molar-refractivity contribution is -0.274. The average molecular weight is 641 g/mol. The van der Waals surface area contributed by atoms with E-state index in [1.54, 1.807) is 31.2 Å². The molecule has 2 N–H and O–H groups in total. The van der Waals surface area contributed by atoms with E-state index in [9.17, 15) is 26.3 Å². The Kier molecular flexibility index (Phi) is 10.0. The molecule has 0 radical (unpaired) electrons. The third-order valence-electron chi connectivity index (χ3n) is 5.98. The summed E-state index contributed by atoms with van der Waals surface area (Å²) in [6.07, 6.45) is -6.14. The van der Waals surface area contributed by atoms with E-state index in [2.05, 4.69) is 24.9 Å². The molecule has 7 nitrogen and oxygen atoms in total. The monoisotopic (exact) mass is 640 g/mol. The summed E-state index contributed by atoms with van der Waals surface area (Å²) in [6.45, 7) is 1.81. The molecule has 0 spiro atoms. The molecule has 226 valence electrons. The fraction of sp³-hybridized carbons (Fsp3) is 0.214. The largest absolute Gasteiger partial charge is 0.573 e. The number of aliphatic imine (C=N–C) groups is 2. The van der Waals surface area contributed by atoms with Gasteiger partial charge in [0, 0.05) is 17.4 Å². The number of hydrogen-bond donors (Lipinski definition) is 1. The van der Waals surface area contributed by atoms with Crippen LogP contribution in [-0.2, 0) is 6.18 Å². The molecule has 1 saturated heterocycles. The van der Waals surface area contributed by atoms with E-state index in [1.807, 2.05) is 0 Å². The number of nitrogens with zero attached hydrogens (tertiary/aromatic N) is 5. The van der Waals surface area contributed by atoms with Crippen LogP contribution in [0.4, 0.5) is 37.7 Å². The van der Waals surface area contributed by atoms with E-state index < -0.39 is 18.1 Å². The second-order valence-corrected chi connectivity index (χ2v) is 10.5. The lowest BCUT2D eigenvalue weighted by Crippen LogP contribution is -2.42. The van der Waals surface area contributed by atoms with Gasteiger partial charge in [-0.3, -0.25) is 0 Å². The summed E-state index contributed by atoms with van der Waals surface area (Å²) in [5.41, 5.74) is 6.54. The summed E-state index contributed by atoms with van der Waals surface area (Å²) in [6, 6.07) is 15.0. The van der Waals surface area contributed by atoms with Crippen LogP contribution in [0.1, 0.15) is 30.0 Å². The zero-order chi connectivity index (χ0) is 31.2. The van der Waals surface area contributed by atoms with E-state index in [0.717, 1.165) is 24.5 Å². The molecule has 15 heteroatoms. The van der Waals surface area contributed by atoms with Crippen molar-refractivity contribution in [1.29, 1.82) is 0 Å². The Morgan fingerprint density at radius 2 is 1.72 bits per heavy atom. The molecule has 0 bridgehead atoms. The first-order chi connectivity index (χ1) is 20.3. The molecule has 3 aromatic rings. The quantitative estimate of drug-likeness (QED) is 0.123. The second kappa shape index (κ2) is 13.5. The Bertz CT molecular complexity index is 1540. The van der Waals surface area contributed by atoms with Crippen molar-refractivity contribution < 1.29 is 31.1 Å². The predicted octanol–water partition coefficient (Wildman–Crippen LogP) is 8.04. The minimum Gasteiger partial charge on any atom is -0.406 e. The first-order valence-electron chi connectivity index (χ1n) is 12.5. The zero-order valence-corrected chi connectivity index (χ0v) is 23.8. The van der Waals surface area contributed by atoms with Crippen LogP contribution in [0.15, 0.2) is 86.9 Å². The highest BCUT2D eigenvalue weighted by Crippen LogP contribution is 2.43. The molecule has 0 aromatic heterocycles. The molecule has 0 amide bonds. The molecule has 1 aliphatic heterocycles. The first kappa shape index (κ1) is 31.9. The van der Waals surface area contributed by atoms with Crippen LogP contribution < -0.4 is 15.4 Å². The highest BCUT2D eigenvalue weighted by Gasteiger charge is 2.39. The maximum Gasteiger partial charge on any atom is 0.573 e. The Morgan fingerprint density at radius 3 is 2.37 bits per heavy atom. The van der Waals surface area contributed by atoms with Crippen LogP contribution in [0.2, 0.25) is 5.02 Å². The second-order valence-electron chi connectivity index (χ2n) is 9.04. The maximum absolute atomic E-state index is 13.8. The first-order valence-corrected chi connectivity index (χ1v) is 13.9. The number of alkyl halides is 6. The Balaban J connectivity index is 1.45. The lowest BCUT2D eigenvalue weighted by atomic mass is 10.1. The molecule has 1 heterocycles. The highest BCUT2D eigenvalue weighted by molar-refractivity contribution is 8.14. The van der Waals surface area contributed by atoms with Crippen molar-refractivity contribution in [3.63, 3.8) is 0 Å². The van der Waals surface area contributed by atoms with Crippen LogP contribution in [-0.4, -0.2) is 41.7 Å². The van der Waals surface area contributed by atoms with Gasteiger partial charge in [-0.25, -0.2) is 9.98 Å². The van der Waals surface area contributed by atoms with E-state index >= 15 is 0 Å². The number of thioether (sulfide) groups is 1. The molecule has 43 heavy (non-hydrogen) atoms. The minimum absolute atomic E-state index is 0.0332. The van der Waals surface area contributed by atoms with Gasteiger partial charge in [-0.05, 0) is 55.3 Å². The summed E-state index contributed by atoms with van der Waals surface area (Å²) >= 11 is 7.53. The number of benzene rings is 3. The van der Waals surface area contributed by atoms with Crippen molar-refractivity contribution >= 4 is 58.3 Å². The number of para-hydroxylation sites is 1. The van der Waals surface area contributed by atoms with E-state index in [-0.39, 0.29) is 28.3 Å². The SMILES string of the molecule is CC1CCS/C(=N\N=C\c2ccc(C(N)=NC=Nc3ccc(OC(F)(F)F)cc3)cc2)N1c1c(Cl)cccc1C(F)(F)F. The third kappa shape index (κ3) is 8.74. The lowest BCUT2D eigenvalue weighted by Gasteiger charge is -2.37. The standard InChI is InChI=1S/C28H23ClF6N6OS/c1-17-13-14-43-26(41(17)24-22(27(30,31)32)3-2-4-23(24)29)40-39-15-18-5-7-19(8-6-18)25(36)38-16-37-20-9-11-21(12-10-20)42-28(33,34)35/h2-12,15-17H,13-14H2,1H3,(H2,36,37,38)/b39-15+,40-26-. The van der Waals surface area contributed by atoms with E-state index in [4.69, 9.17) is 17.3 Å². The molecule has 0 aliphatic carbocycles. The fourth-order valence-corrected chi connectivity index (χ4v) is 5.36. The predicted molar refractivity (Wildman–Crippen MR) is 159 cm³/mol. The van der Waals surface area contributed by atoms with Crippen LogP contribution in [0.5, 0.6) is 5.75 Å². The minimum atomic E-state index is -4.78. The molecule has 3 aromatic carbocycles. The summed E-state index contributed by atoms with van der Waals surface area (Å²) < 4.78 is 82.0. The number of anilines is 1. The van der Waals surface area contributed by atoms with Crippen LogP contribution >= 0.6 is 23.4 Å². The molecule has 1 unspecified atom stereocenters. The topological polar surface area (TPSA) is 87.9 Å². The number of nitrogens with two attached hydrogens (primary N) is 1. The number of halogens is 7. The Morgan fingerprint density at radius 1 is 1.02 bits per heavy atom. The fourth-order valence-electron chi connectivity index (χ4n) is 3.94. The summed E-state index contributed by atoms with van der Waals surface area (Å²) in [5.74, 6) is 0.421. The molecule has 4 rings (SSSR count). The molecule has 1 aliphatic rings. The van der Waals surface area contributed by atoms with Gasteiger partial charge in [0.1, 0.15) is 17.9 Å². The number of ether oxygens (including phenoxy) is 1. The maximum atomic E-state index is 13.8. The van der Waals surface area contributed by atoms with Gasteiger partial charge in [0.2, 0.25) is 0 Å². The van der Waals surface area contributed by atoms with Gasteiger partial charge in [-0.2, -0.15) is 18.3 Å². The average Bonchev–Trinajstić information content (AvgIpc) is 2.93. The van der Waals surface area contributed by atoms with Gasteiger partial charge >= 0.3 is 12.5 Å². The van der Waals surface area contributed by atoms with Crippen molar-refractivity contribution in [2.75, 3.05) is 10.7 Å². The third-order valence-corrected chi connectivity index (χ3v) is 7.26. The Hall–Kier alpha value is -4.04. The summed E-state index contributed by atoms with van der Waals surface area (Å²) in [4.78, 5) is 9.54. The van der Waals surface area contributed by atoms with Crippen LogP contribution in [0.3, 0.4) is 0 Å².